The molecule has 1 aliphatic rings. The summed E-state index contributed by atoms with van der Waals surface area (Å²) < 4.78 is 5.67. The van der Waals surface area contributed by atoms with Gasteiger partial charge in [0, 0.05) is 17.3 Å². The number of carbonyl (C=O) groups is 1. The van der Waals surface area contributed by atoms with Crippen LogP contribution in [0.5, 0.6) is 5.75 Å². The van der Waals surface area contributed by atoms with E-state index in [9.17, 15) is 4.79 Å². The Morgan fingerprint density at radius 3 is 2.87 bits per heavy atom. The molecule has 3 heteroatoms. The SMILES string of the molecule is Cc1ccc(C)c(NC(=O)/C=C/C2=Cc3ccccc3OC2)c1. The van der Waals surface area contributed by atoms with Crippen molar-refractivity contribution < 1.29 is 9.53 Å². The number of hydrogen-bond acceptors (Lipinski definition) is 2. The van der Waals surface area contributed by atoms with Crippen LogP contribution >= 0.6 is 0 Å². The number of nitrogens with one attached hydrogen (secondary N) is 1. The number of aryl methyl sites for hydroxylation is 2. The number of carbonyl (C=O) groups excluding carboxylic acids is 1. The van der Waals surface area contributed by atoms with E-state index in [1.165, 1.54) is 0 Å². The van der Waals surface area contributed by atoms with Crippen LogP contribution in [-0.4, -0.2) is 12.5 Å². The van der Waals surface area contributed by atoms with E-state index in [0.717, 1.165) is 33.7 Å². The van der Waals surface area contributed by atoms with E-state index in [-0.39, 0.29) is 5.91 Å². The van der Waals surface area contributed by atoms with E-state index < -0.39 is 0 Å². The first-order valence-electron chi connectivity index (χ1n) is 7.60. The fourth-order valence-electron chi connectivity index (χ4n) is 2.46. The first-order chi connectivity index (χ1) is 11.1. The largest absolute Gasteiger partial charge is 0.488 e. The summed E-state index contributed by atoms with van der Waals surface area (Å²) in [5.74, 6) is 0.739. The molecule has 2 aromatic carbocycles. The number of hydrogen-bond donors (Lipinski definition) is 1. The van der Waals surface area contributed by atoms with Gasteiger partial charge in [0.1, 0.15) is 12.4 Å². The van der Waals surface area contributed by atoms with Crippen molar-refractivity contribution in [2.75, 3.05) is 11.9 Å². The number of rotatable bonds is 3. The summed E-state index contributed by atoms with van der Waals surface area (Å²) in [4.78, 5) is 12.1. The zero-order chi connectivity index (χ0) is 16.2. The highest BCUT2D eigenvalue weighted by molar-refractivity contribution is 6.00. The van der Waals surface area contributed by atoms with Crippen molar-refractivity contribution in [3.05, 3.63) is 76.9 Å². The summed E-state index contributed by atoms with van der Waals surface area (Å²) in [5.41, 5.74) is 5.02. The van der Waals surface area contributed by atoms with Crippen LogP contribution < -0.4 is 10.1 Å². The van der Waals surface area contributed by atoms with Gasteiger partial charge >= 0.3 is 0 Å². The Kier molecular flexibility index (Phi) is 4.29. The highest BCUT2D eigenvalue weighted by Crippen LogP contribution is 2.26. The molecule has 0 aromatic heterocycles. The van der Waals surface area contributed by atoms with Gasteiger partial charge in [-0.2, -0.15) is 0 Å². The maximum Gasteiger partial charge on any atom is 0.248 e. The molecule has 116 valence electrons. The summed E-state index contributed by atoms with van der Waals surface area (Å²) in [5, 5.41) is 2.92. The van der Waals surface area contributed by atoms with E-state index >= 15 is 0 Å². The van der Waals surface area contributed by atoms with Gasteiger partial charge in [-0.25, -0.2) is 0 Å². The Balaban J connectivity index is 1.70. The van der Waals surface area contributed by atoms with Crippen LogP contribution in [0, 0.1) is 13.8 Å². The molecule has 0 saturated heterocycles. The van der Waals surface area contributed by atoms with Crippen molar-refractivity contribution in [3.63, 3.8) is 0 Å². The van der Waals surface area contributed by atoms with Crippen molar-refractivity contribution in [1.29, 1.82) is 0 Å². The fraction of sp³-hybridized carbons (Fsp3) is 0.150. The second-order valence-corrected chi connectivity index (χ2v) is 5.69. The normalized spacial score (nSPS) is 13.2. The third kappa shape index (κ3) is 3.69. The van der Waals surface area contributed by atoms with Crippen LogP contribution in [0.2, 0.25) is 0 Å². The standard InChI is InChI=1S/C20H19NO2/c1-14-7-8-15(2)18(11-14)21-20(22)10-9-16-12-17-5-3-4-6-19(17)23-13-16/h3-12H,13H2,1-2H3,(H,21,22)/b10-9+. The molecule has 0 unspecified atom stereocenters. The number of ether oxygens (including phenoxy) is 1. The molecule has 0 saturated carbocycles. The molecule has 0 fully saturated rings. The molecule has 0 aliphatic carbocycles. The summed E-state index contributed by atoms with van der Waals surface area (Å²) in [6, 6.07) is 13.9. The van der Waals surface area contributed by atoms with E-state index in [1.807, 2.05) is 62.4 Å². The summed E-state index contributed by atoms with van der Waals surface area (Å²) in [6.45, 7) is 4.46. The zero-order valence-electron chi connectivity index (χ0n) is 13.3. The lowest BCUT2D eigenvalue weighted by molar-refractivity contribution is -0.111. The molecule has 0 atom stereocenters. The molecule has 3 nitrogen and oxygen atoms in total. The second kappa shape index (κ2) is 6.53. The van der Waals surface area contributed by atoms with Gasteiger partial charge in [0.25, 0.3) is 0 Å². The molecule has 1 heterocycles. The average Bonchev–Trinajstić information content (AvgIpc) is 2.56. The van der Waals surface area contributed by atoms with Crippen LogP contribution in [-0.2, 0) is 4.79 Å². The maximum absolute atomic E-state index is 12.1. The van der Waals surface area contributed by atoms with Crippen LogP contribution in [0.15, 0.2) is 60.2 Å². The van der Waals surface area contributed by atoms with E-state index in [4.69, 9.17) is 4.74 Å². The molecular formula is C20H19NO2. The molecular weight excluding hydrogens is 286 g/mol. The predicted molar refractivity (Wildman–Crippen MR) is 93.6 cm³/mol. The lowest BCUT2D eigenvalue weighted by atomic mass is 10.1. The molecule has 23 heavy (non-hydrogen) atoms. The number of fused-ring (bicyclic) bond motifs is 1. The van der Waals surface area contributed by atoms with Crippen LogP contribution in [0.25, 0.3) is 6.08 Å². The summed E-state index contributed by atoms with van der Waals surface area (Å²) in [7, 11) is 0. The highest BCUT2D eigenvalue weighted by Gasteiger charge is 2.09. The van der Waals surface area contributed by atoms with E-state index in [2.05, 4.69) is 5.32 Å². The van der Waals surface area contributed by atoms with Crippen LogP contribution in [0.4, 0.5) is 5.69 Å². The number of benzene rings is 2. The lowest BCUT2D eigenvalue weighted by Crippen LogP contribution is -2.10. The van der Waals surface area contributed by atoms with Gasteiger partial charge in [0.2, 0.25) is 5.91 Å². The van der Waals surface area contributed by atoms with Gasteiger partial charge in [-0.15, -0.1) is 0 Å². The van der Waals surface area contributed by atoms with Crippen LogP contribution in [0.3, 0.4) is 0 Å². The lowest BCUT2D eigenvalue weighted by Gasteiger charge is -2.15. The first-order valence-corrected chi connectivity index (χ1v) is 7.60. The van der Waals surface area contributed by atoms with Gasteiger partial charge in [0.15, 0.2) is 0 Å². The van der Waals surface area contributed by atoms with E-state index in [0.29, 0.717) is 6.61 Å². The van der Waals surface area contributed by atoms with Gasteiger partial charge < -0.3 is 10.1 Å². The minimum Gasteiger partial charge on any atom is -0.488 e. The Labute approximate surface area is 136 Å². The number of anilines is 1. The molecule has 0 bridgehead atoms. The van der Waals surface area contributed by atoms with Gasteiger partial charge in [-0.05, 0) is 48.8 Å². The van der Waals surface area contributed by atoms with Crippen LogP contribution in [0.1, 0.15) is 16.7 Å². The summed E-state index contributed by atoms with van der Waals surface area (Å²) in [6.07, 6.45) is 5.39. The third-order valence-electron chi connectivity index (χ3n) is 3.75. The van der Waals surface area contributed by atoms with Gasteiger partial charge in [-0.1, -0.05) is 36.4 Å². The smallest absolute Gasteiger partial charge is 0.248 e. The Bertz CT molecular complexity index is 803. The van der Waals surface area contributed by atoms with Crippen molar-refractivity contribution in [3.8, 4) is 5.75 Å². The van der Waals surface area contributed by atoms with Gasteiger partial charge in [-0.3, -0.25) is 4.79 Å². The quantitative estimate of drug-likeness (QED) is 0.860. The highest BCUT2D eigenvalue weighted by atomic mass is 16.5. The Morgan fingerprint density at radius 2 is 2.00 bits per heavy atom. The van der Waals surface area contributed by atoms with Crippen molar-refractivity contribution in [2.24, 2.45) is 0 Å². The molecule has 2 aromatic rings. The first kappa shape index (κ1) is 15.1. The van der Waals surface area contributed by atoms with Crippen molar-refractivity contribution >= 4 is 17.7 Å². The van der Waals surface area contributed by atoms with Crippen molar-refractivity contribution in [2.45, 2.75) is 13.8 Å². The fourth-order valence-corrected chi connectivity index (χ4v) is 2.46. The maximum atomic E-state index is 12.1. The Morgan fingerprint density at radius 1 is 1.17 bits per heavy atom. The molecule has 0 spiro atoms. The molecule has 0 radical (unpaired) electrons. The summed E-state index contributed by atoms with van der Waals surface area (Å²) >= 11 is 0. The molecule has 1 aliphatic heterocycles. The average molecular weight is 305 g/mol. The second-order valence-electron chi connectivity index (χ2n) is 5.69. The minimum atomic E-state index is -0.140. The molecule has 1 amide bonds. The van der Waals surface area contributed by atoms with Crippen molar-refractivity contribution in [1.82, 2.24) is 0 Å². The molecule has 3 rings (SSSR count). The Hall–Kier alpha value is -2.81. The zero-order valence-corrected chi connectivity index (χ0v) is 13.3. The topological polar surface area (TPSA) is 38.3 Å². The predicted octanol–water partition coefficient (Wildman–Crippen LogP) is 4.27. The monoisotopic (exact) mass is 305 g/mol. The van der Waals surface area contributed by atoms with Gasteiger partial charge in [0.05, 0.1) is 0 Å². The molecule has 1 N–H and O–H groups in total. The number of amides is 1. The third-order valence-corrected chi connectivity index (χ3v) is 3.75. The van der Waals surface area contributed by atoms with E-state index in [1.54, 1.807) is 12.2 Å². The number of para-hydroxylation sites is 1. The minimum absolute atomic E-state index is 0.140.